The van der Waals surface area contributed by atoms with Crippen molar-refractivity contribution in [1.82, 2.24) is 14.7 Å². The molecule has 6 rings (SSSR count). The number of methoxy groups -OCH3 is 3. The van der Waals surface area contributed by atoms with E-state index in [1.54, 1.807) is 18.2 Å². The second-order valence-corrected chi connectivity index (χ2v) is 16.4. The molecule has 12 nitrogen and oxygen atoms in total. The number of likely N-dealkylation sites (N-methyl/N-ethyl adjacent to an activating group) is 3. The molecule has 0 amide bonds. The van der Waals surface area contributed by atoms with Gasteiger partial charge in [0.15, 0.2) is 0 Å². The lowest BCUT2D eigenvalue weighted by molar-refractivity contribution is -0.138. The van der Waals surface area contributed by atoms with E-state index in [-0.39, 0.29) is 84.2 Å². The Bertz CT molecular complexity index is 2740. The highest BCUT2D eigenvalue weighted by Crippen LogP contribution is 2.44. The summed E-state index contributed by atoms with van der Waals surface area (Å²) in [5.41, 5.74) is -1.56. The van der Waals surface area contributed by atoms with Crippen molar-refractivity contribution in [3.8, 4) is 17.2 Å². The fourth-order valence-electron chi connectivity index (χ4n) is 7.40. The molecule has 6 aromatic rings. The van der Waals surface area contributed by atoms with Crippen LogP contribution in [-0.2, 0) is 32.9 Å². The van der Waals surface area contributed by atoms with Crippen LogP contribution in [0.3, 0.4) is 0 Å². The lowest BCUT2D eigenvalue weighted by Gasteiger charge is -2.21. The molecule has 0 saturated heterocycles. The van der Waals surface area contributed by atoms with E-state index in [0.29, 0.717) is 16.7 Å². The third-order valence-electron chi connectivity index (χ3n) is 10.4. The van der Waals surface area contributed by atoms with Crippen molar-refractivity contribution in [3.63, 3.8) is 0 Å². The van der Waals surface area contributed by atoms with E-state index in [1.165, 1.54) is 130 Å². The first-order chi connectivity index (χ1) is 33.5. The van der Waals surface area contributed by atoms with Crippen LogP contribution in [0, 0.1) is 0 Å². The van der Waals surface area contributed by atoms with Crippen molar-refractivity contribution >= 4 is 102 Å². The number of carbonyl (C=O) groups is 3. The van der Waals surface area contributed by atoms with Crippen molar-refractivity contribution in [2.24, 2.45) is 0 Å². The zero-order valence-electron chi connectivity index (χ0n) is 38.5. The monoisotopic (exact) mass is 1070 g/mol. The number of carboxylic acid groups (broad SMARTS) is 3. The van der Waals surface area contributed by atoms with Crippen LogP contribution in [0.25, 0.3) is 32.3 Å². The molecule has 6 aromatic carbocycles. The summed E-state index contributed by atoms with van der Waals surface area (Å²) in [6, 6.07) is 21.2. The molecule has 0 aromatic heterocycles. The Balaban J connectivity index is 0.000000234. The standard InChI is InChI=1S/3C16H14F3NO3S/c3*1-20(8-13(21)22)15(24)11-5-3-4-10-9(11)6-7-12(23-2)14(10)16(17,18)19/h3*3-7H,8H2,1-2H3,(H,21,22). The first-order valence-corrected chi connectivity index (χ1v) is 21.6. The van der Waals surface area contributed by atoms with Gasteiger partial charge in [0.2, 0.25) is 0 Å². The molecular formula is C48H42F9N3O9S3. The lowest BCUT2D eigenvalue weighted by Crippen LogP contribution is -2.31. The summed E-state index contributed by atoms with van der Waals surface area (Å²) >= 11 is 15.7. The summed E-state index contributed by atoms with van der Waals surface area (Å²) in [7, 11) is 7.94. The summed E-state index contributed by atoms with van der Waals surface area (Å²) in [6.45, 7) is -1.05. The summed E-state index contributed by atoms with van der Waals surface area (Å²) < 4.78 is 135. The van der Waals surface area contributed by atoms with E-state index >= 15 is 0 Å². The minimum Gasteiger partial charge on any atom is -0.496 e. The van der Waals surface area contributed by atoms with Gasteiger partial charge >= 0.3 is 36.4 Å². The Morgan fingerprint density at radius 1 is 0.417 bits per heavy atom. The normalized spacial score (nSPS) is 11.4. The van der Waals surface area contributed by atoms with Crippen molar-refractivity contribution in [3.05, 3.63) is 124 Å². The minimum atomic E-state index is -4.60. The Hall–Kier alpha value is -7.05. The second kappa shape index (κ2) is 23.5. The van der Waals surface area contributed by atoms with Crippen molar-refractivity contribution in [2.75, 3.05) is 62.1 Å². The van der Waals surface area contributed by atoms with E-state index in [1.807, 2.05) is 0 Å². The highest BCUT2D eigenvalue weighted by molar-refractivity contribution is 7.81. The number of nitrogens with zero attached hydrogens (tertiary/aromatic N) is 3. The van der Waals surface area contributed by atoms with Crippen LogP contribution in [0.5, 0.6) is 17.2 Å². The van der Waals surface area contributed by atoms with E-state index in [9.17, 15) is 53.9 Å². The van der Waals surface area contributed by atoms with Gasteiger partial charge in [0.1, 0.15) is 68.5 Å². The molecule has 384 valence electrons. The number of carboxylic acids is 3. The van der Waals surface area contributed by atoms with Gasteiger partial charge in [-0.25, -0.2) is 0 Å². The van der Waals surface area contributed by atoms with Gasteiger partial charge in [0.05, 0.1) is 21.3 Å². The Morgan fingerprint density at radius 3 is 0.819 bits per heavy atom. The molecule has 0 aliphatic rings. The summed E-state index contributed by atoms with van der Waals surface area (Å²) in [4.78, 5) is 36.8. The third-order valence-corrected chi connectivity index (χ3v) is 12.0. The van der Waals surface area contributed by atoms with E-state index < -0.39 is 53.1 Å². The van der Waals surface area contributed by atoms with Crippen LogP contribution in [0.15, 0.2) is 91.0 Å². The van der Waals surface area contributed by atoms with Crippen LogP contribution >= 0.6 is 36.7 Å². The van der Waals surface area contributed by atoms with E-state index in [4.69, 9.17) is 66.2 Å². The summed E-state index contributed by atoms with van der Waals surface area (Å²) in [6.07, 6.45) is -13.8. The van der Waals surface area contributed by atoms with Crippen molar-refractivity contribution < 1.29 is 83.4 Å². The Morgan fingerprint density at radius 2 is 0.639 bits per heavy atom. The minimum absolute atomic E-state index is 0.0505. The SMILES string of the molecule is COc1ccc2c(C(=S)N(C)CC(=O)O)cccc2c1C(F)(F)F.COc1ccc2c(C(=S)N(C)CC(=O)O)cccc2c1C(F)(F)F.COc1ccc2c(C(=S)N(C)CC(=O)O)cccc2c1C(F)(F)F. The third kappa shape index (κ3) is 13.5. The molecule has 72 heavy (non-hydrogen) atoms. The summed E-state index contributed by atoms with van der Waals surface area (Å²) in [5, 5.41) is 27.2. The van der Waals surface area contributed by atoms with Crippen LogP contribution < -0.4 is 14.2 Å². The Labute approximate surface area is 420 Å². The molecule has 0 aliphatic carbocycles. The number of hydrogen-bond donors (Lipinski definition) is 3. The van der Waals surface area contributed by atoms with Gasteiger partial charge in [-0.3, -0.25) is 14.4 Å². The molecule has 0 saturated carbocycles. The van der Waals surface area contributed by atoms with Gasteiger partial charge in [-0.15, -0.1) is 0 Å². The number of hydrogen-bond acceptors (Lipinski definition) is 9. The highest BCUT2D eigenvalue weighted by Gasteiger charge is 2.39. The molecule has 0 atom stereocenters. The lowest BCUT2D eigenvalue weighted by atomic mass is 9.98. The Kier molecular flexibility index (Phi) is 18.7. The maximum absolute atomic E-state index is 13.4. The maximum Gasteiger partial charge on any atom is 0.420 e. The molecule has 0 unspecified atom stereocenters. The van der Waals surface area contributed by atoms with Gasteiger partial charge in [0, 0.05) is 37.8 Å². The topological polar surface area (TPSA) is 149 Å². The maximum atomic E-state index is 13.4. The molecule has 0 fully saturated rings. The van der Waals surface area contributed by atoms with Gasteiger partial charge in [-0.05, 0) is 68.7 Å². The summed E-state index contributed by atoms with van der Waals surface area (Å²) in [5.74, 6) is -4.10. The number of ether oxygens (including phenoxy) is 3. The van der Waals surface area contributed by atoms with Crippen LogP contribution in [0.4, 0.5) is 39.5 Å². The van der Waals surface area contributed by atoms with Gasteiger partial charge in [-0.2, -0.15) is 39.5 Å². The predicted octanol–water partition coefficient (Wildman–Crippen LogP) is 10.7. The van der Waals surface area contributed by atoms with E-state index in [2.05, 4.69) is 0 Å². The number of rotatable bonds is 12. The number of fused-ring (bicyclic) bond motifs is 3. The number of benzene rings is 6. The highest BCUT2D eigenvalue weighted by atomic mass is 32.1. The van der Waals surface area contributed by atoms with Gasteiger partial charge in [0.25, 0.3) is 0 Å². The van der Waals surface area contributed by atoms with Crippen LogP contribution in [0.1, 0.15) is 33.4 Å². The zero-order chi connectivity index (χ0) is 54.2. The second-order valence-electron chi connectivity index (χ2n) is 15.3. The van der Waals surface area contributed by atoms with E-state index in [0.717, 1.165) is 0 Å². The quantitative estimate of drug-likeness (QED) is 0.0788. The fraction of sp³-hybridized carbons (Fsp3) is 0.250. The predicted molar refractivity (Wildman–Crippen MR) is 262 cm³/mol. The average Bonchev–Trinajstić information content (AvgIpc) is 3.30. The molecule has 0 aliphatic heterocycles. The first-order valence-electron chi connectivity index (χ1n) is 20.4. The average molecular weight is 1070 g/mol. The molecule has 0 heterocycles. The van der Waals surface area contributed by atoms with Crippen molar-refractivity contribution in [2.45, 2.75) is 18.5 Å². The molecule has 0 bridgehead atoms. The van der Waals surface area contributed by atoms with Gasteiger partial charge < -0.3 is 44.2 Å². The molecule has 0 radical (unpaired) electrons. The molecular weight excluding hydrogens is 1030 g/mol. The zero-order valence-corrected chi connectivity index (χ0v) is 41.0. The molecule has 24 heteroatoms. The van der Waals surface area contributed by atoms with Crippen molar-refractivity contribution in [1.29, 1.82) is 0 Å². The largest absolute Gasteiger partial charge is 0.496 e. The fourth-order valence-corrected chi connectivity index (χ4v) is 8.13. The number of aliphatic carboxylic acids is 3. The smallest absolute Gasteiger partial charge is 0.420 e. The molecule has 3 N–H and O–H groups in total. The van der Waals surface area contributed by atoms with Gasteiger partial charge in [-0.1, -0.05) is 91.3 Å². The number of thiocarbonyl (C=S) groups is 3. The number of halogens is 9. The molecule has 0 spiro atoms. The first kappa shape index (κ1) is 57.5. The van der Waals surface area contributed by atoms with Crippen LogP contribution in [0.2, 0.25) is 0 Å². The number of alkyl halides is 9. The van der Waals surface area contributed by atoms with Crippen LogP contribution in [-0.4, -0.2) is 125 Å².